The molecule has 48 heavy (non-hydrogen) atoms. The van der Waals surface area contributed by atoms with Crippen LogP contribution in [0.2, 0.25) is 0 Å². The highest BCUT2D eigenvalue weighted by Gasteiger charge is 2.14. The molecule has 5 aromatic carbocycles. The van der Waals surface area contributed by atoms with E-state index in [1.165, 1.54) is 47.8 Å². The summed E-state index contributed by atoms with van der Waals surface area (Å²) in [6, 6.07) is 40.2. The summed E-state index contributed by atoms with van der Waals surface area (Å²) >= 11 is 1.85. The second-order valence-corrected chi connectivity index (χ2v) is 13.2. The van der Waals surface area contributed by atoms with Gasteiger partial charge in [-0.2, -0.15) is 0 Å². The molecular formula is C45H45NOS. The number of anilines is 2. The zero-order chi connectivity index (χ0) is 33.9. The Hall–Kier alpha value is -5.12. The van der Waals surface area contributed by atoms with Crippen molar-refractivity contribution in [1.82, 2.24) is 0 Å². The molecule has 3 heteroatoms. The van der Waals surface area contributed by atoms with Gasteiger partial charge in [0.05, 0.1) is 0 Å². The van der Waals surface area contributed by atoms with Crippen molar-refractivity contribution in [2.45, 2.75) is 47.5 Å². The Morgan fingerprint density at radius 1 is 0.729 bits per heavy atom. The van der Waals surface area contributed by atoms with Crippen LogP contribution >= 0.6 is 11.3 Å². The number of fused-ring (bicyclic) bond motifs is 6. The van der Waals surface area contributed by atoms with Crippen molar-refractivity contribution < 1.29 is 4.42 Å². The summed E-state index contributed by atoms with van der Waals surface area (Å²) in [5, 5.41) is 7.42. The molecule has 0 saturated heterocycles. The first-order chi connectivity index (χ1) is 23.3. The van der Waals surface area contributed by atoms with E-state index in [-0.39, 0.29) is 0 Å². The van der Waals surface area contributed by atoms with Crippen molar-refractivity contribution in [2.24, 2.45) is 0 Å². The maximum Gasteiger partial charge on any atom is 0.137 e. The van der Waals surface area contributed by atoms with E-state index in [4.69, 9.17) is 4.42 Å². The molecule has 2 heterocycles. The van der Waals surface area contributed by atoms with Gasteiger partial charge in [-0.3, -0.25) is 0 Å². The standard InChI is InChI=1S/C19H15NS.C13H12O.C7H8.C6H10/c1-13-5-4-6-14(11-13)20-15-9-10-19-17(12-15)16-7-2-3-8-18(16)21-19;1-9-5-4-7-11-10-6-2-3-8-12(10)14-13(9)11;1-7-5-3-2-4-6-7;1-4-5-6(2)3/h2-12,20H,1H3;2,4-7H,3,8H2,1H3;2-6H,1H3;4-5H,2H2,1,3H3/b;;;5-4-. The van der Waals surface area contributed by atoms with E-state index in [2.05, 4.69) is 142 Å². The minimum atomic E-state index is 1.04. The van der Waals surface area contributed by atoms with E-state index in [1.807, 2.05) is 55.5 Å². The third kappa shape index (κ3) is 9.02. The minimum Gasteiger partial charge on any atom is -0.460 e. The number of para-hydroxylation sites is 1. The quantitative estimate of drug-likeness (QED) is 0.193. The monoisotopic (exact) mass is 647 g/mol. The molecule has 242 valence electrons. The fourth-order valence-electron chi connectivity index (χ4n) is 5.62. The van der Waals surface area contributed by atoms with Crippen molar-refractivity contribution in [3.8, 4) is 0 Å². The molecule has 1 N–H and O–H groups in total. The van der Waals surface area contributed by atoms with Gasteiger partial charge >= 0.3 is 0 Å². The van der Waals surface area contributed by atoms with Crippen LogP contribution in [0.25, 0.3) is 37.2 Å². The van der Waals surface area contributed by atoms with Gasteiger partial charge in [-0.15, -0.1) is 11.3 Å². The zero-order valence-corrected chi connectivity index (χ0v) is 29.5. The Labute approximate surface area is 289 Å². The minimum absolute atomic E-state index is 1.04. The van der Waals surface area contributed by atoms with Gasteiger partial charge in [0.15, 0.2) is 0 Å². The van der Waals surface area contributed by atoms with Crippen LogP contribution < -0.4 is 5.32 Å². The number of hydrogen-bond donors (Lipinski definition) is 1. The summed E-state index contributed by atoms with van der Waals surface area (Å²) in [7, 11) is 0. The van der Waals surface area contributed by atoms with Crippen LogP contribution in [0.3, 0.4) is 0 Å². The number of thiophene rings is 1. The summed E-state index contributed by atoms with van der Waals surface area (Å²) in [4.78, 5) is 0. The lowest BCUT2D eigenvalue weighted by Crippen LogP contribution is -1.89. The molecular weight excluding hydrogens is 603 g/mol. The largest absolute Gasteiger partial charge is 0.460 e. The van der Waals surface area contributed by atoms with Crippen LogP contribution in [0.4, 0.5) is 11.4 Å². The van der Waals surface area contributed by atoms with E-state index < -0.39 is 0 Å². The van der Waals surface area contributed by atoms with E-state index in [1.54, 1.807) is 0 Å². The maximum atomic E-state index is 5.87. The van der Waals surface area contributed by atoms with Gasteiger partial charge in [-0.1, -0.05) is 121 Å². The molecule has 0 unspecified atom stereocenters. The molecule has 2 nitrogen and oxygen atoms in total. The number of allylic oxidation sites excluding steroid dienone is 4. The van der Waals surface area contributed by atoms with E-state index in [9.17, 15) is 0 Å². The molecule has 0 aliphatic heterocycles. The highest BCUT2D eigenvalue weighted by molar-refractivity contribution is 7.25. The lowest BCUT2D eigenvalue weighted by molar-refractivity contribution is 0.544. The molecule has 0 amide bonds. The highest BCUT2D eigenvalue weighted by atomic mass is 32.1. The summed E-state index contributed by atoms with van der Waals surface area (Å²) in [5.74, 6) is 1.15. The molecule has 7 aromatic rings. The number of nitrogens with one attached hydrogen (secondary N) is 1. The van der Waals surface area contributed by atoms with Crippen molar-refractivity contribution in [3.05, 3.63) is 174 Å². The number of aryl methyl sites for hydroxylation is 4. The zero-order valence-electron chi connectivity index (χ0n) is 28.7. The van der Waals surface area contributed by atoms with Crippen LogP contribution in [0.1, 0.15) is 48.3 Å². The average molecular weight is 648 g/mol. The average Bonchev–Trinajstić information content (AvgIpc) is 3.65. The number of benzene rings is 5. The number of hydrogen-bond acceptors (Lipinski definition) is 3. The topological polar surface area (TPSA) is 25.2 Å². The Kier molecular flexibility index (Phi) is 11.9. The Morgan fingerprint density at radius 2 is 1.42 bits per heavy atom. The van der Waals surface area contributed by atoms with Crippen LogP contribution in [-0.4, -0.2) is 0 Å². The Bertz CT molecular complexity index is 2180. The summed E-state index contributed by atoms with van der Waals surface area (Å²) in [5.41, 5.74) is 9.54. The SMILES string of the molecule is C=C(C)/C=C\C.Cc1cccc(Nc2ccc3sc4ccccc4c3c2)c1.Cc1cccc2c3c(oc12)CCC=C3.Cc1ccccc1. The number of rotatable bonds is 3. The van der Waals surface area contributed by atoms with E-state index in [0.29, 0.717) is 0 Å². The normalized spacial score (nSPS) is 11.6. The molecule has 1 aliphatic carbocycles. The third-order valence-corrected chi connectivity index (χ3v) is 9.08. The molecule has 0 saturated carbocycles. The predicted octanol–water partition coefficient (Wildman–Crippen LogP) is 13.9. The molecule has 0 fully saturated rings. The third-order valence-electron chi connectivity index (χ3n) is 7.93. The van der Waals surface area contributed by atoms with Gasteiger partial charge in [-0.25, -0.2) is 0 Å². The van der Waals surface area contributed by atoms with Gasteiger partial charge in [0.2, 0.25) is 0 Å². The second-order valence-electron chi connectivity index (χ2n) is 12.1. The van der Waals surface area contributed by atoms with Gasteiger partial charge < -0.3 is 9.73 Å². The Balaban J connectivity index is 0.000000143. The van der Waals surface area contributed by atoms with Gasteiger partial charge in [-0.05, 0) is 88.6 Å². The van der Waals surface area contributed by atoms with E-state index in [0.717, 1.165) is 41.1 Å². The first-order valence-corrected chi connectivity index (χ1v) is 17.4. The lowest BCUT2D eigenvalue weighted by atomic mass is 10.0. The predicted molar refractivity (Wildman–Crippen MR) is 213 cm³/mol. The van der Waals surface area contributed by atoms with Gasteiger partial charge in [0, 0.05) is 48.9 Å². The van der Waals surface area contributed by atoms with Crippen molar-refractivity contribution >= 4 is 59.9 Å². The van der Waals surface area contributed by atoms with Crippen LogP contribution in [0.15, 0.2) is 150 Å². The maximum absolute atomic E-state index is 5.87. The van der Waals surface area contributed by atoms with Crippen LogP contribution in [0.5, 0.6) is 0 Å². The lowest BCUT2D eigenvalue weighted by Gasteiger charge is -2.07. The summed E-state index contributed by atoms with van der Waals surface area (Å²) in [6.45, 7) is 13.9. The summed E-state index contributed by atoms with van der Waals surface area (Å²) < 4.78 is 8.56. The molecule has 1 aliphatic rings. The second kappa shape index (κ2) is 16.6. The smallest absolute Gasteiger partial charge is 0.137 e. The molecule has 8 rings (SSSR count). The van der Waals surface area contributed by atoms with Crippen LogP contribution in [-0.2, 0) is 6.42 Å². The fourth-order valence-corrected chi connectivity index (χ4v) is 6.71. The summed E-state index contributed by atoms with van der Waals surface area (Å²) in [6.07, 6.45) is 10.5. The van der Waals surface area contributed by atoms with Crippen molar-refractivity contribution in [1.29, 1.82) is 0 Å². The van der Waals surface area contributed by atoms with Gasteiger partial charge in [0.1, 0.15) is 11.3 Å². The fraction of sp³-hybridized carbons (Fsp3) is 0.156. The number of furan rings is 1. The highest BCUT2D eigenvalue weighted by Crippen LogP contribution is 2.36. The first kappa shape index (κ1) is 34.2. The molecule has 0 spiro atoms. The van der Waals surface area contributed by atoms with Crippen molar-refractivity contribution in [2.75, 3.05) is 5.32 Å². The first-order valence-electron chi connectivity index (χ1n) is 16.5. The molecule has 0 bridgehead atoms. The molecule has 0 atom stereocenters. The molecule has 2 aromatic heterocycles. The van der Waals surface area contributed by atoms with Gasteiger partial charge in [0.25, 0.3) is 0 Å². The Morgan fingerprint density at radius 3 is 2.12 bits per heavy atom. The van der Waals surface area contributed by atoms with Crippen LogP contribution in [0, 0.1) is 20.8 Å². The van der Waals surface area contributed by atoms with Crippen molar-refractivity contribution in [3.63, 3.8) is 0 Å². The molecule has 0 radical (unpaired) electrons. The van der Waals surface area contributed by atoms with E-state index >= 15 is 0 Å².